The third-order valence-electron chi connectivity index (χ3n) is 8.13. The van der Waals surface area contributed by atoms with Gasteiger partial charge in [0, 0.05) is 61.9 Å². The molecule has 1 N–H and O–H groups in total. The lowest BCUT2D eigenvalue weighted by Crippen LogP contribution is -2.56. The Balaban J connectivity index is 1.32. The average molecular weight is 497 g/mol. The van der Waals surface area contributed by atoms with Crippen LogP contribution in [0.15, 0.2) is 79.1 Å². The van der Waals surface area contributed by atoms with E-state index in [-0.39, 0.29) is 12.0 Å². The monoisotopic (exact) mass is 496 g/mol. The number of carbonyl (C=O) groups is 2. The van der Waals surface area contributed by atoms with Crippen molar-refractivity contribution in [2.24, 2.45) is 5.92 Å². The first kappa shape index (κ1) is 25.2. The van der Waals surface area contributed by atoms with Crippen LogP contribution in [0.25, 0.3) is 0 Å². The van der Waals surface area contributed by atoms with Crippen molar-refractivity contribution >= 4 is 23.1 Å². The van der Waals surface area contributed by atoms with E-state index in [4.69, 9.17) is 0 Å². The third-order valence-corrected chi connectivity index (χ3v) is 8.13. The van der Waals surface area contributed by atoms with E-state index in [2.05, 4.69) is 69.5 Å². The molecule has 1 aromatic heterocycles. The van der Waals surface area contributed by atoms with Crippen molar-refractivity contribution in [2.75, 3.05) is 36.4 Å². The number of para-hydroxylation sites is 1. The number of Topliss-reactive ketones (excluding diaryl/α,β-unsaturated/α-hetero) is 1. The van der Waals surface area contributed by atoms with E-state index in [1.807, 2.05) is 12.1 Å². The Bertz CT molecular complexity index is 1200. The molecule has 2 aliphatic rings. The second-order valence-electron chi connectivity index (χ2n) is 10.5. The molecule has 2 aromatic carbocycles. The molecule has 192 valence electrons. The normalized spacial score (nSPS) is 22.4. The molecule has 1 saturated heterocycles. The van der Waals surface area contributed by atoms with Crippen molar-refractivity contribution < 1.29 is 9.59 Å². The smallest absolute Gasteiger partial charge is 0.292 e. The molecule has 0 spiro atoms. The third kappa shape index (κ3) is 5.75. The fourth-order valence-corrected chi connectivity index (χ4v) is 5.91. The fraction of sp³-hybridized carbons (Fsp3) is 0.387. The first-order valence-corrected chi connectivity index (χ1v) is 13.4. The zero-order valence-electron chi connectivity index (χ0n) is 21.6. The molecule has 1 amide bonds. The van der Waals surface area contributed by atoms with Gasteiger partial charge in [-0.1, -0.05) is 37.3 Å². The molecule has 0 unspecified atom stereocenters. The van der Waals surface area contributed by atoms with Crippen LogP contribution in [-0.2, 0) is 21.5 Å². The van der Waals surface area contributed by atoms with E-state index in [1.165, 1.54) is 24.1 Å². The number of ketones is 1. The van der Waals surface area contributed by atoms with Crippen molar-refractivity contribution in [3.8, 4) is 0 Å². The standard InChI is InChI=1S/C31H36N4O2/c1-24-10-14-31(15-11-24,35-20-18-34(19-21-35)28-8-3-2-4-9-28)26-6-5-7-27(23-26)33-30(37)29(36)22-25-12-16-32-17-13-25/h2-9,12-13,16-17,23-24H,10-11,14-15,18-22H2,1H3,(H,33,37)/t24-,31-. The highest BCUT2D eigenvalue weighted by atomic mass is 16.2. The summed E-state index contributed by atoms with van der Waals surface area (Å²) < 4.78 is 0. The number of carbonyl (C=O) groups excluding carboxylic acids is 2. The maximum Gasteiger partial charge on any atom is 0.292 e. The van der Waals surface area contributed by atoms with E-state index >= 15 is 0 Å². The minimum absolute atomic E-state index is 0.0446. The van der Waals surface area contributed by atoms with Gasteiger partial charge in [0.25, 0.3) is 5.91 Å². The van der Waals surface area contributed by atoms with Crippen molar-refractivity contribution in [3.05, 3.63) is 90.3 Å². The number of aromatic nitrogens is 1. The first-order chi connectivity index (χ1) is 18.0. The summed E-state index contributed by atoms with van der Waals surface area (Å²) in [5.41, 5.74) is 3.96. The van der Waals surface area contributed by atoms with Gasteiger partial charge in [-0.3, -0.25) is 19.5 Å². The molecule has 5 rings (SSSR count). The van der Waals surface area contributed by atoms with Gasteiger partial charge in [0.15, 0.2) is 0 Å². The first-order valence-electron chi connectivity index (χ1n) is 13.4. The second-order valence-corrected chi connectivity index (χ2v) is 10.5. The molecule has 2 heterocycles. The van der Waals surface area contributed by atoms with Crippen molar-refractivity contribution in [2.45, 2.75) is 44.6 Å². The van der Waals surface area contributed by atoms with Gasteiger partial charge in [0.05, 0.1) is 0 Å². The van der Waals surface area contributed by atoms with Crippen LogP contribution < -0.4 is 10.2 Å². The Hall–Kier alpha value is -3.51. The molecule has 0 bridgehead atoms. The molecular formula is C31H36N4O2. The predicted molar refractivity (Wildman–Crippen MR) is 148 cm³/mol. The van der Waals surface area contributed by atoms with Crippen LogP contribution in [0.5, 0.6) is 0 Å². The number of piperazine rings is 1. The van der Waals surface area contributed by atoms with Gasteiger partial charge in [0.1, 0.15) is 0 Å². The van der Waals surface area contributed by atoms with Crippen molar-refractivity contribution in [1.82, 2.24) is 9.88 Å². The number of nitrogens with zero attached hydrogens (tertiary/aromatic N) is 3. The molecule has 1 saturated carbocycles. The van der Waals surface area contributed by atoms with Crippen LogP contribution >= 0.6 is 0 Å². The van der Waals surface area contributed by atoms with Crippen LogP contribution in [0.1, 0.15) is 43.7 Å². The zero-order chi connectivity index (χ0) is 25.7. The number of hydrogen-bond donors (Lipinski definition) is 1. The Morgan fingerprint density at radius 3 is 2.32 bits per heavy atom. The minimum Gasteiger partial charge on any atom is -0.369 e. The highest BCUT2D eigenvalue weighted by Crippen LogP contribution is 2.45. The SMILES string of the molecule is C[C@H]1CC[C@](c2cccc(NC(=O)C(=O)Cc3ccncc3)c2)(N2CCN(c3ccccc3)CC2)CC1. The summed E-state index contributed by atoms with van der Waals surface area (Å²) in [6, 6.07) is 22.4. The lowest BCUT2D eigenvalue weighted by Gasteiger charge is -2.51. The molecular weight excluding hydrogens is 460 g/mol. The molecule has 37 heavy (non-hydrogen) atoms. The molecule has 1 aliphatic heterocycles. The highest BCUT2D eigenvalue weighted by molar-refractivity contribution is 6.41. The summed E-state index contributed by atoms with van der Waals surface area (Å²) >= 11 is 0. The maximum atomic E-state index is 12.7. The van der Waals surface area contributed by atoms with Crippen LogP contribution in [0.2, 0.25) is 0 Å². The number of rotatable bonds is 7. The molecule has 1 aliphatic carbocycles. The number of benzene rings is 2. The maximum absolute atomic E-state index is 12.7. The summed E-state index contributed by atoms with van der Waals surface area (Å²) in [5, 5.41) is 2.87. The van der Waals surface area contributed by atoms with Gasteiger partial charge in [-0.15, -0.1) is 0 Å². The zero-order valence-corrected chi connectivity index (χ0v) is 21.6. The topological polar surface area (TPSA) is 65.5 Å². The van der Waals surface area contributed by atoms with Gasteiger partial charge < -0.3 is 10.2 Å². The van der Waals surface area contributed by atoms with E-state index in [0.29, 0.717) is 5.69 Å². The van der Waals surface area contributed by atoms with Gasteiger partial charge in [0.2, 0.25) is 5.78 Å². The Labute approximate surface area is 219 Å². The van der Waals surface area contributed by atoms with Gasteiger partial charge in [-0.2, -0.15) is 0 Å². The van der Waals surface area contributed by atoms with E-state index < -0.39 is 11.7 Å². The summed E-state index contributed by atoms with van der Waals surface area (Å²) in [5.74, 6) is -0.293. The summed E-state index contributed by atoms with van der Waals surface area (Å²) in [4.78, 5) is 34.4. The van der Waals surface area contributed by atoms with E-state index in [0.717, 1.165) is 50.5 Å². The van der Waals surface area contributed by atoms with E-state index in [1.54, 1.807) is 24.5 Å². The lowest BCUT2D eigenvalue weighted by atomic mass is 9.71. The lowest BCUT2D eigenvalue weighted by molar-refractivity contribution is -0.134. The van der Waals surface area contributed by atoms with Crippen LogP contribution in [-0.4, -0.2) is 47.8 Å². The molecule has 0 atom stereocenters. The average Bonchev–Trinajstić information content (AvgIpc) is 2.95. The van der Waals surface area contributed by atoms with E-state index in [9.17, 15) is 9.59 Å². The number of hydrogen-bond acceptors (Lipinski definition) is 5. The summed E-state index contributed by atoms with van der Waals surface area (Å²) in [7, 11) is 0. The number of pyridine rings is 1. The number of nitrogens with one attached hydrogen (secondary N) is 1. The Kier molecular flexibility index (Phi) is 7.65. The largest absolute Gasteiger partial charge is 0.369 e. The van der Waals surface area contributed by atoms with Crippen LogP contribution in [0, 0.1) is 5.92 Å². The summed E-state index contributed by atoms with van der Waals surface area (Å²) in [6.45, 7) is 6.36. The molecule has 2 fully saturated rings. The molecule has 3 aromatic rings. The summed E-state index contributed by atoms with van der Waals surface area (Å²) in [6.07, 6.45) is 7.94. The van der Waals surface area contributed by atoms with Crippen LogP contribution in [0.3, 0.4) is 0 Å². The quantitative estimate of drug-likeness (QED) is 0.463. The van der Waals surface area contributed by atoms with Gasteiger partial charge in [-0.05, 0) is 79.1 Å². The fourth-order valence-electron chi connectivity index (χ4n) is 5.91. The predicted octanol–water partition coefficient (Wildman–Crippen LogP) is 5.06. The second kappa shape index (κ2) is 11.3. The molecule has 6 heteroatoms. The van der Waals surface area contributed by atoms with Crippen LogP contribution in [0.4, 0.5) is 11.4 Å². The Morgan fingerprint density at radius 1 is 0.919 bits per heavy atom. The highest BCUT2D eigenvalue weighted by Gasteiger charge is 2.42. The molecule has 0 radical (unpaired) electrons. The molecule has 6 nitrogen and oxygen atoms in total. The van der Waals surface area contributed by atoms with Gasteiger partial charge in [-0.25, -0.2) is 0 Å². The Morgan fingerprint density at radius 2 is 1.62 bits per heavy atom. The van der Waals surface area contributed by atoms with Crippen molar-refractivity contribution in [3.63, 3.8) is 0 Å². The number of amides is 1. The number of anilines is 2. The minimum atomic E-state index is -0.572. The van der Waals surface area contributed by atoms with Gasteiger partial charge >= 0.3 is 0 Å². The van der Waals surface area contributed by atoms with Crippen molar-refractivity contribution in [1.29, 1.82) is 0 Å².